The number of rotatable bonds is 1. The van der Waals surface area contributed by atoms with Gasteiger partial charge < -0.3 is 4.74 Å². The van der Waals surface area contributed by atoms with E-state index in [-0.39, 0.29) is 0 Å². The normalized spacial score (nSPS) is 10.8. The Morgan fingerprint density at radius 3 is 2.75 bits per heavy atom. The van der Waals surface area contributed by atoms with Crippen molar-refractivity contribution in [3.8, 4) is 5.75 Å². The van der Waals surface area contributed by atoms with E-state index >= 15 is 0 Å². The van der Waals surface area contributed by atoms with Gasteiger partial charge in [-0.1, -0.05) is 24.3 Å². The lowest BCUT2D eigenvalue weighted by Gasteiger charge is -2.06. The molecular formula is C14H11NO. The zero-order chi connectivity index (χ0) is 11.0. The minimum absolute atomic E-state index is 0.894. The molecule has 0 radical (unpaired) electrons. The van der Waals surface area contributed by atoms with Crippen molar-refractivity contribution in [3.63, 3.8) is 0 Å². The standard InChI is InChI=1S/C14H11NO/c1-16-13-6-2-5-12-11(13)8-7-10-4-3-9-15-14(10)12/h2-9H,1H3. The van der Waals surface area contributed by atoms with Gasteiger partial charge >= 0.3 is 0 Å². The molecule has 0 bridgehead atoms. The van der Waals surface area contributed by atoms with Crippen LogP contribution in [0.25, 0.3) is 21.7 Å². The van der Waals surface area contributed by atoms with E-state index in [1.165, 1.54) is 0 Å². The van der Waals surface area contributed by atoms with Crippen LogP contribution in [-0.4, -0.2) is 12.1 Å². The van der Waals surface area contributed by atoms with Crippen LogP contribution in [0.1, 0.15) is 0 Å². The third kappa shape index (κ3) is 1.23. The first kappa shape index (κ1) is 9.16. The van der Waals surface area contributed by atoms with Crippen LogP contribution in [0, 0.1) is 0 Å². The van der Waals surface area contributed by atoms with Gasteiger partial charge in [-0.15, -0.1) is 0 Å². The van der Waals surface area contributed by atoms with Gasteiger partial charge in [-0.25, -0.2) is 0 Å². The van der Waals surface area contributed by atoms with E-state index in [1.807, 2.05) is 24.4 Å². The molecule has 0 unspecified atom stereocenters. The van der Waals surface area contributed by atoms with Crippen LogP contribution in [0.2, 0.25) is 0 Å². The fraction of sp³-hybridized carbons (Fsp3) is 0.0714. The summed E-state index contributed by atoms with van der Waals surface area (Å²) in [6, 6.07) is 14.2. The van der Waals surface area contributed by atoms with Gasteiger partial charge in [-0.2, -0.15) is 0 Å². The van der Waals surface area contributed by atoms with Crippen molar-refractivity contribution < 1.29 is 4.74 Å². The zero-order valence-electron chi connectivity index (χ0n) is 8.97. The molecule has 0 aliphatic rings. The summed E-state index contributed by atoms with van der Waals surface area (Å²) >= 11 is 0. The van der Waals surface area contributed by atoms with Crippen LogP contribution >= 0.6 is 0 Å². The van der Waals surface area contributed by atoms with E-state index in [0.29, 0.717) is 0 Å². The second-order valence-corrected chi connectivity index (χ2v) is 3.70. The molecule has 16 heavy (non-hydrogen) atoms. The molecule has 0 spiro atoms. The lowest BCUT2D eigenvalue weighted by atomic mass is 10.1. The highest BCUT2D eigenvalue weighted by atomic mass is 16.5. The summed E-state index contributed by atoms with van der Waals surface area (Å²) in [5, 5.41) is 3.40. The number of benzene rings is 2. The van der Waals surface area contributed by atoms with E-state index in [2.05, 4.69) is 29.2 Å². The molecule has 78 valence electrons. The monoisotopic (exact) mass is 209 g/mol. The van der Waals surface area contributed by atoms with Crippen molar-refractivity contribution in [2.75, 3.05) is 7.11 Å². The number of hydrogen-bond acceptors (Lipinski definition) is 2. The Bertz CT molecular complexity index is 661. The quantitative estimate of drug-likeness (QED) is 0.573. The van der Waals surface area contributed by atoms with Crippen LogP contribution in [0.3, 0.4) is 0 Å². The molecule has 0 saturated heterocycles. The van der Waals surface area contributed by atoms with Gasteiger partial charge in [0.1, 0.15) is 5.75 Å². The number of methoxy groups -OCH3 is 1. The molecule has 0 atom stereocenters. The van der Waals surface area contributed by atoms with Crippen molar-refractivity contribution in [3.05, 3.63) is 48.7 Å². The van der Waals surface area contributed by atoms with Gasteiger partial charge in [0.2, 0.25) is 0 Å². The Hall–Kier alpha value is -2.09. The summed E-state index contributed by atoms with van der Waals surface area (Å²) in [6.07, 6.45) is 1.82. The van der Waals surface area contributed by atoms with E-state index in [9.17, 15) is 0 Å². The molecule has 0 amide bonds. The Labute approximate surface area is 93.5 Å². The maximum Gasteiger partial charge on any atom is 0.126 e. The topological polar surface area (TPSA) is 22.1 Å². The minimum Gasteiger partial charge on any atom is -0.496 e. The van der Waals surface area contributed by atoms with Gasteiger partial charge in [0.05, 0.1) is 12.6 Å². The number of aromatic nitrogens is 1. The predicted octanol–water partition coefficient (Wildman–Crippen LogP) is 3.40. The van der Waals surface area contributed by atoms with Crippen LogP contribution in [-0.2, 0) is 0 Å². The zero-order valence-corrected chi connectivity index (χ0v) is 8.97. The molecule has 1 aromatic heterocycles. The predicted molar refractivity (Wildman–Crippen MR) is 65.8 cm³/mol. The molecule has 0 N–H and O–H groups in total. The average Bonchev–Trinajstić information content (AvgIpc) is 2.37. The van der Waals surface area contributed by atoms with E-state index in [4.69, 9.17) is 4.74 Å². The minimum atomic E-state index is 0.894. The first-order valence-corrected chi connectivity index (χ1v) is 5.20. The molecule has 0 saturated carbocycles. The third-order valence-electron chi connectivity index (χ3n) is 2.81. The number of pyridine rings is 1. The smallest absolute Gasteiger partial charge is 0.126 e. The molecule has 0 aliphatic carbocycles. The first-order valence-electron chi connectivity index (χ1n) is 5.20. The Morgan fingerprint density at radius 2 is 1.88 bits per heavy atom. The molecular weight excluding hydrogens is 198 g/mol. The maximum atomic E-state index is 5.35. The molecule has 0 fully saturated rings. The maximum absolute atomic E-state index is 5.35. The van der Waals surface area contributed by atoms with Crippen molar-refractivity contribution in [2.24, 2.45) is 0 Å². The summed E-state index contributed by atoms with van der Waals surface area (Å²) in [5.41, 5.74) is 1.03. The highest BCUT2D eigenvalue weighted by molar-refractivity contribution is 6.07. The summed E-state index contributed by atoms with van der Waals surface area (Å²) in [4.78, 5) is 4.43. The van der Waals surface area contributed by atoms with Crippen molar-refractivity contribution in [1.29, 1.82) is 0 Å². The lowest BCUT2D eigenvalue weighted by molar-refractivity contribution is 0.420. The van der Waals surface area contributed by atoms with Crippen LogP contribution in [0.5, 0.6) is 5.75 Å². The van der Waals surface area contributed by atoms with Gasteiger partial charge in [0, 0.05) is 22.4 Å². The Kier molecular flexibility index (Phi) is 2.00. The Morgan fingerprint density at radius 1 is 0.938 bits per heavy atom. The van der Waals surface area contributed by atoms with Crippen LogP contribution in [0.4, 0.5) is 0 Å². The highest BCUT2D eigenvalue weighted by Crippen LogP contribution is 2.29. The summed E-state index contributed by atoms with van der Waals surface area (Å²) in [6.45, 7) is 0. The van der Waals surface area contributed by atoms with Gasteiger partial charge in [-0.3, -0.25) is 4.98 Å². The SMILES string of the molecule is COc1cccc2c1ccc1cccnc12. The molecule has 2 heteroatoms. The molecule has 2 aromatic carbocycles. The molecule has 1 heterocycles. The average molecular weight is 209 g/mol. The lowest BCUT2D eigenvalue weighted by Crippen LogP contribution is -1.86. The van der Waals surface area contributed by atoms with Crippen molar-refractivity contribution in [2.45, 2.75) is 0 Å². The fourth-order valence-electron chi connectivity index (χ4n) is 2.05. The van der Waals surface area contributed by atoms with Crippen LogP contribution in [0.15, 0.2) is 48.7 Å². The highest BCUT2D eigenvalue weighted by Gasteiger charge is 2.04. The summed E-state index contributed by atoms with van der Waals surface area (Å²) in [7, 11) is 1.69. The molecule has 0 aliphatic heterocycles. The van der Waals surface area contributed by atoms with Gasteiger partial charge in [0.25, 0.3) is 0 Å². The fourth-order valence-corrected chi connectivity index (χ4v) is 2.05. The number of nitrogens with zero attached hydrogens (tertiary/aromatic N) is 1. The van der Waals surface area contributed by atoms with Crippen molar-refractivity contribution in [1.82, 2.24) is 4.98 Å². The number of fused-ring (bicyclic) bond motifs is 3. The second kappa shape index (κ2) is 3.49. The third-order valence-corrected chi connectivity index (χ3v) is 2.81. The van der Waals surface area contributed by atoms with E-state index in [0.717, 1.165) is 27.4 Å². The second-order valence-electron chi connectivity index (χ2n) is 3.70. The number of hydrogen-bond donors (Lipinski definition) is 0. The summed E-state index contributed by atoms with van der Waals surface area (Å²) < 4.78 is 5.35. The molecule has 3 aromatic rings. The largest absolute Gasteiger partial charge is 0.496 e. The van der Waals surface area contributed by atoms with E-state index < -0.39 is 0 Å². The Balaban J connectivity index is 2.52. The van der Waals surface area contributed by atoms with E-state index in [1.54, 1.807) is 7.11 Å². The molecule has 2 nitrogen and oxygen atoms in total. The first-order chi connectivity index (χ1) is 7.90. The summed E-state index contributed by atoms with van der Waals surface area (Å²) in [5.74, 6) is 0.894. The van der Waals surface area contributed by atoms with Gasteiger partial charge in [0.15, 0.2) is 0 Å². The number of ether oxygens (including phenoxy) is 1. The van der Waals surface area contributed by atoms with Gasteiger partial charge in [-0.05, 0) is 18.2 Å². The molecule has 3 rings (SSSR count). The van der Waals surface area contributed by atoms with Crippen LogP contribution < -0.4 is 4.74 Å². The van der Waals surface area contributed by atoms with Crippen molar-refractivity contribution >= 4 is 21.7 Å².